The Bertz CT molecular complexity index is 689. The largest absolute Gasteiger partial charge is 0.445 e. The molecule has 0 spiro atoms. The number of carbonyl (C=O) groups is 2. The quantitative estimate of drug-likeness (QED) is 0.737. The van der Waals surface area contributed by atoms with Gasteiger partial charge in [0.2, 0.25) is 5.91 Å². The molecule has 0 bridgehead atoms. The van der Waals surface area contributed by atoms with Gasteiger partial charge in [-0.1, -0.05) is 30.3 Å². The van der Waals surface area contributed by atoms with Crippen molar-refractivity contribution in [2.24, 2.45) is 11.8 Å². The van der Waals surface area contributed by atoms with Crippen LogP contribution in [0.3, 0.4) is 0 Å². The Labute approximate surface area is 181 Å². The van der Waals surface area contributed by atoms with Gasteiger partial charge in [0.25, 0.3) is 0 Å². The lowest BCUT2D eigenvalue weighted by atomic mass is 9.79. The van der Waals surface area contributed by atoms with Gasteiger partial charge in [0.1, 0.15) is 12.6 Å². The van der Waals surface area contributed by atoms with Crippen LogP contribution in [-0.4, -0.2) is 74.8 Å². The number of likely N-dealkylation sites (tertiary alicyclic amines) is 2. The molecule has 2 amide bonds. The average Bonchev–Trinajstić information content (AvgIpc) is 2.81. The lowest BCUT2D eigenvalue weighted by Crippen LogP contribution is -2.53. The van der Waals surface area contributed by atoms with Gasteiger partial charge in [-0.2, -0.15) is 0 Å². The second-order valence-corrected chi connectivity index (χ2v) is 8.43. The van der Waals surface area contributed by atoms with Crippen molar-refractivity contribution in [1.29, 1.82) is 0 Å². The molecular weight excluding hydrogens is 382 g/mol. The Balaban J connectivity index is 1.48. The number of ether oxygens (including phenoxy) is 2. The molecule has 30 heavy (non-hydrogen) atoms. The summed E-state index contributed by atoms with van der Waals surface area (Å²) in [6, 6.07) is 8.54. The Kier molecular flexibility index (Phi) is 7.97. The molecule has 1 aromatic rings. The predicted octanol–water partition coefficient (Wildman–Crippen LogP) is 2.51. The van der Waals surface area contributed by atoms with Crippen LogP contribution in [-0.2, 0) is 20.9 Å². The highest BCUT2D eigenvalue weighted by molar-refractivity contribution is 5.86. The van der Waals surface area contributed by atoms with Crippen molar-refractivity contribution in [1.82, 2.24) is 15.1 Å². The number of alkyl carbamates (subject to hydrolysis) is 1. The minimum atomic E-state index is -0.839. The third-order valence-electron chi connectivity index (χ3n) is 6.37. The molecule has 2 aliphatic rings. The molecule has 1 N–H and O–H groups in total. The van der Waals surface area contributed by atoms with Gasteiger partial charge in [0.05, 0.1) is 7.98 Å². The fraction of sp³-hybridized carbons (Fsp3) is 0.652. The lowest BCUT2D eigenvalue weighted by molar-refractivity contribution is -0.136. The standard InChI is InChI=1S/C23H35N3O4/c1-25-12-8-19(9-13-25)20-10-14-26(15-11-20)22(27)21(17-29-2)24-23(28)30-16-18-6-4-3-5-7-18/h3-7,19-21H,8-17H2,1-2H3,(H,24,28)/t21-/m0/s1/i2D. The molecule has 2 saturated heterocycles. The van der Waals surface area contributed by atoms with Crippen molar-refractivity contribution in [2.75, 3.05) is 46.9 Å². The molecule has 0 saturated carbocycles. The molecule has 0 aliphatic carbocycles. The molecular formula is C23H35N3O4. The van der Waals surface area contributed by atoms with E-state index in [4.69, 9.17) is 10.8 Å². The van der Waals surface area contributed by atoms with E-state index in [2.05, 4.69) is 17.3 Å². The average molecular weight is 419 g/mol. The van der Waals surface area contributed by atoms with E-state index in [-0.39, 0.29) is 26.2 Å². The highest BCUT2D eigenvalue weighted by Crippen LogP contribution is 2.32. The first-order chi connectivity index (χ1) is 15.1. The van der Waals surface area contributed by atoms with E-state index in [9.17, 15) is 9.59 Å². The maximum atomic E-state index is 13.0. The van der Waals surface area contributed by atoms with E-state index in [1.54, 1.807) is 0 Å². The molecule has 2 fully saturated rings. The van der Waals surface area contributed by atoms with Gasteiger partial charge in [0, 0.05) is 20.2 Å². The summed E-state index contributed by atoms with van der Waals surface area (Å²) < 4.78 is 17.6. The number of benzene rings is 1. The minimum Gasteiger partial charge on any atom is -0.445 e. The highest BCUT2D eigenvalue weighted by atomic mass is 16.5. The zero-order chi connectivity index (χ0) is 22.1. The third-order valence-corrected chi connectivity index (χ3v) is 6.37. The molecule has 2 aliphatic heterocycles. The van der Waals surface area contributed by atoms with E-state index in [0.29, 0.717) is 19.0 Å². The molecule has 166 valence electrons. The van der Waals surface area contributed by atoms with E-state index in [1.807, 2.05) is 35.2 Å². The van der Waals surface area contributed by atoms with Crippen molar-refractivity contribution in [3.63, 3.8) is 0 Å². The second kappa shape index (κ2) is 11.3. The van der Waals surface area contributed by atoms with Gasteiger partial charge in [-0.3, -0.25) is 4.79 Å². The summed E-state index contributed by atoms with van der Waals surface area (Å²) in [7, 11) is 1.91. The SMILES string of the molecule is [2H]COC[C@H](NC(=O)OCc1ccccc1)C(=O)N1CCC(C2CCN(C)CC2)CC1. The van der Waals surface area contributed by atoms with Crippen molar-refractivity contribution >= 4 is 12.0 Å². The summed E-state index contributed by atoms with van der Waals surface area (Å²) in [6.45, 7) is 3.82. The van der Waals surface area contributed by atoms with Crippen LogP contribution in [0.2, 0.25) is 0 Å². The first kappa shape index (κ1) is 21.1. The molecule has 7 heteroatoms. The molecule has 7 nitrogen and oxygen atoms in total. The van der Waals surface area contributed by atoms with Crippen molar-refractivity contribution in [3.05, 3.63) is 35.9 Å². The topological polar surface area (TPSA) is 71.1 Å². The zero-order valence-electron chi connectivity index (χ0n) is 18.9. The molecule has 0 unspecified atom stereocenters. The number of methoxy groups -OCH3 is 1. The van der Waals surface area contributed by atoms with E-state index >= 15 is 0 Å². The van der Waals surface area contributed by atoms with Crippen LogP contribution >= 0.6 is 0 Å². The van der Waals surface area contributed by atoms with Crippen LogP contribution in [0.15, 0.2) is 30.3 Å². The van der Waals surface area contributed by atoms with Crippen LogP contribution in [0.4, 0.5) is 4.79 Å². The Morgan fingerprint density at radius 3 is 2.37 bits per heavy atom. The number of piperidine rings is 2. The number of amides is 2. The number of hydrogen-bond acceptors (Lipinski definition) is 5. The maximum Gasteiger partial charge on any atom is 0.408 e. The molecule has 3 rings (SSSR count). The predicted molar refractivity (Wildman–Crippen MR) is 115 cm³/mol. The number of hydrogen-bond donors (Lipinski definition) is 1. The van der Waals surface area contributed by atoms with Gasteiger partial charge < -0.3 is 24.6 Å². The summed E-state index contributed by atoms with van der Waals surface area (Å²) in [5.41, 5.74) is 0.874. The van der Waals surface area contributed by atoms with Crippen LogP contribution in [0.25, 0.3) is 0 Å². The summed E-state index contributed by atoms with van der Waals surface area (Å²) in [4.78, 5) is 29.5. The minimum absolute atomic E-state index is 0.0301. The summed E-state index contributed by atoms with van der Waals surface area (Å²) in [5.74, 6) is 1.26. The van der Waals surface area contributed by atoms with Crippen molar-refractivity contribution in [2.45, 2.75) is 38.3 Å². The molecule has 2 heterocycles. The van der Waals surface area contributed by atoms with Gasteiger partial charge in [-0.15, -0.1) is 0 Å². The molecule has 0 aromatic heterocycles. The van der Waals surface area contributed by atoms with Gasteiger partial charge in [-0.05, 0) is 63.2 Å². The lowest BCUT2D eigenvalue weighted by Gasteiger charge is -2.40. The number of carbonyl (C=O) groups excluding carboxylic acids is 2. The Hall–Kier alpha value is -2.12. The van der Waals surface area contributed by atoms with Crippen LogP contribution < -0.4 is 5.32 Å². The van der Waals surface area contributed by atoms with E-state index < -0.39 is 12.1 Å². The Morgan fingerprint density at radius 2 is 1.73 bits per heavy atom. The summed E-state index contributed by atoms with van der Waals surface area (Å²) >= 11 is 0. The van der Waals surface area contributed by atoms with Crippen molar-refractivity contribution in [3.8, 4) is 0 Å². The fourth-order valence-electron chi connectivity index (χ4n) is 4.51. The number of nitrogens with zero attached hydrogens (tertiary/aromatic N) is 2. The monoisotopic (exact) mass is 418 g/mol. The van der Waals surface area contributed by atoms with E-state index in [1.165, 1.54) is 12.8 Å². The van der Waals surface area contributed by atoms with Crippen LogP contribution in [0.1, 0.15) is 32.6 Å². The van der Waals surface area contributed by atoms with Crippen molar-refractivity contribution < 1.29 is 20.4 Å². The van der Waals surface area contributed by atoms with Crippen LogP contribution in [0.5, 0.6) is 0 Å². The first-order valence-electron chi connectivity index (χ1n) is 11.6. The highest BCUT2D eigenvalue weighted by Gasteiger charge is 2.33. The van der Waals surface area contributed by atoms with Crippen LogP contribution in [0, 0.1) is 11.8 Å². The number of rotatable bonds is 7. The molecule has 1 atom stereocenters. The van der Waals surface area contributed by atoms with Gasteiger partial charge >= 0.3 is 6.09 Å². The fourth-order valence-corrected chi connectivity index (χ4v) is 4.51. The van der Waals surface area contributed by atoms with Gasteiger partial charge in [-0.25, -0.2) is 4.79 Å². The summed E-state index contributed by atoms with van der Waals surface area (Å²) in [5, 5.41) is 2.63. The van der Waals surface area contributed by atoms with E-state index in [0.717, 1.165) is 37.4 Å². The smallest absolute Gasteiger partial charge is 0.408 e. The normalized spacial score (nSPS) is 20.4. The van der Waals surface area contributed by atoms with Gasteiger partial charge in [0.15, 0.2) is 0 Å². The first-order valence-corrected chi connectivity index (χ1v) is 10.9. The summed E-state index contributed by atoms with van der Waals surface area (Å²) in [6.07, 6.45) is 3.83. The Morgan fingerprint density at radius 1 is 1.10 bits per heavy atom. The number of nitrogens with one attached hydrogen (secondary N) is 1. The third kappa shape index (κ3) is 6.44. The molecule has 1 aromatic carbocycles. The second-order valence-electron chi connectivity index (χ2n) is 8.43. The maximum absolute atomic E-state index is 13.0. The zero-order valence-corrected chi connectivity index (χ0v) is 17.9. The molecule has 0 radical (unpaired) electrons.